The molecule has 4 aromatic heterocycles. The Morgan fingerprint density at radius 2 is 1.12 bits per heavy atom. The number of aliphatic hydroxyl groups excluding tert-OH is 1. The summed E-state index contributed by atoms with van der Waals surface area (Å²) in [6.45, 7) is 10.4. The Morgan fingerprint density at radius 3 is 1.59 bits per heavy atom. The molecule has 9 nitrogen and oxygen atoms in total. The minimum Gasteiger partial charge on any atom is -0.392 e. The van der Waals surface area contributed by atoms with Crippen molar-refractivity contribution in [2.24, 2.45) is 0 Å². The summed E-state index contributed by atoms with van der Waals surface area (Å²) in [6, 6.07) is 15.6. The molecule has 2 aliphatic rings. The lowest BCUT2D eigenvalue weighted by Crippen LogP contribution is -2.31. The van der Waals surface area contributed by atoms with Crippen molar-refractivity contribution in [2.75, 3.05) is 39.3 Å². The number of aryl methyl sites for hydroxylation is 2. The van der Waals surface area contributed by atoms with Crippen molar-refractivity contribution in [1.29, 1.82) is 0 Å². The maximum Gasteiger partial charge on any atom is 0.275 e. The van der Waals surface area contributed by atoms with Crippen LogP contribution in [0.2, 0.25) is 10.0 Å². The van der Waals surface area contributed by atoms with Crippen molar-refractivity contribution in [2.45, 2.75) is 52.3 Å². The Bertz CT molecular complexity index is 2400. The van der Waals surface area contributed by atoms with E-state index in [9.17, 15) is 14.7 Å². The second-order valence-corrected chi connectivity index (χ2v) is 14.9. The number of aromatic nitrogens is 4. The van der Waals surface area contributed by atoms with E-state index in [0.29, 0.717) is 47.3 Å². The summed E-state index contributed by atoms with van der Waals surface area (Å²) in [5.41, 5.74) is 7.78. The maximum atomic E-state index is 13.7. The van der Waals surface area contributed by atoms with E-state index in [1.165, 1.54) is 12.8 Å². The molecule has 6 heterocycles. The average Bonchev–Trinajstić information content (AvgIpc) is 3.93. The lowest BCUT2D eigenvalue weighted by Gasteiger charge is -2.17. The largest absolute Gasteiger partial charge is 0.392 e. The van der Waals surface area contributed by atoms with Crippen LogP contribution in [-0.4, -0.2) is 78.2 Å². The zero-order valence-electron chi connectivity index (χ0n) is 29.0. The van der Waals surface area contributed by atoms with Gasteiger partial charge in [-0.1, -0.05) is 59.6 Å². The lowest BCUT2D eigenvalue weighted by atomic mass is 9.97. The van der Waals surface area contributed by atoms with Gasteiger partial charge in [-0.25, -0.2) is 0 Å². The third kappa shape index (κ3) is 6.36. The molecular weight excluding hydrogens is 683 g/mol. The first-order valence-electron chi connectivity index (χ1n) is 17.8. The molecule has 0 unspecified atom stereocenters. The first kappa shape index (κ1) is 34.0. The summed E-state index contributed by atoms with van der Waals surface area (Å²) in [4.78, 5) is 31.9. The Labute approximate surface area is 306 Å². The van der Waals surface area contributed by atoms with E-state index in [1.54, 1.807) is 0 Å². The van der Waals surface area contributed by atoms with Gasteiger partial charge in [-0.15, -0.1) is 0 Å². The van der Waals surface area contributed by atoms with E-state index >= 15 is 0 Å². The van der Waals surface area contributed by atoms with Gasteiger partial charge in [0.2, 0.25) is 0 Å². The molecule has 0 saturated carbocycles. The molecule has 0 bridgehead atoms. The van der Waals surface area contributed by atoms with E-state index in [2.05, 4.69) is 9.80 Å². The minimum atomic E-state index is -0.288. The van der Waals surface area contributed by atoms with Crippen LogP contribution in [0.5, 0.6) is 0 Å². The molecule has 0 aliphatic carbocycles. The number of nitrogens with zero attached hydrogens (tertiary/aromatic N) is 6. The van der Waals surface area contributed by atoms with Crippen LogP contribution in [0, 0.1) is 13.8 Å². The standard InChI is InChI=1S/C40H42Cl2N6O3/c1-26-21-45-23-28(19-35(45)39(50)47(26)17-15-43-12-3-4-13-43)31-7-5-9-33(37(31)41)34-10-6-8-32(38(34)42)29-20-36-40(51)48(27(2)22-46(36)24-29)18-16-44-14-11-30(49)25-44/h5-10,19-24,30,49H,3-4,11-18,25H2,1-2H3/t30-/m0/s1. The minimum absolute atomic E-state index is 0.00296. The predicted molar refractivity (Wildman–Crippen MR) is 205 cm³/mol. The number of halogens is 2. The van der Waals surface area contributed by atoms with Gasteiger partial charge in [0.25, 0.3) is 11.1 Å². The number of hydrogen-bond acceptors (Lipinski definition) is 5. The molecule has 6 aromatic rings. The fourth-order valence-corrected chi connectivity index (χ4v) is 8.61. The van der Waals surface area contributed by atoms with E-state index < -0.39 is 0 Å². The van der Waals surface area contributed by atoms with Gasteiger partial charge in [-0.2, -0.15) is 0 Å². The second-order valence-electron chi connectivity index (χ2n) is 14.1. The van der Waals surface area contributed by atoms with Crippen molar-refractivity contribution in [3.63, 3.8) is 0 Å². The molecule has 2 fully saturated rings. The molecule has 51 heavy (non-hydrogen) atoms. The Balaban J connectivity index is 1.11. The van der Waals surface area contributed by atoms with E-state index in [-0.39, 0.29) is 17.2 Å². The molecule has 0 radical (unpaired) electrons. The van der Waals surface area contributed by atoms with Gasteiger partial charge in [-0.3, -0.25) is 14.5 Å². The van der Waals surface area contributed by atoms with Crippen LogP contribution in [-0.2, 0) is 13.1 Å². The van der Waals surface area contributed by atoms with Gasteiger partial charge in [-0.05, 0) is 58.3 Å². The smallest absolute Gasteiger partial charge is 0.275 e. The number of likely N-dealkylation sites (tertiary alicyclic amines) is 2. The van der Waals surface area contributed by atoms with Gasteiger partial charge >= 0.3 is 0 Å². The van der Waals surface area contributed by atoms with Crippen molar-refractivity contribution in [3.05, 3.63) is 115 Å². The normalized spacial score (nSPS) is 17.1. The number of β-amino-alcohol motifs (C(OH)–C–C–N with tert-alkyl or cyclic N) is 1. The number of benzene rings is 2. The Morgan fingerprint density at radius 1 is 0.647 bits per heavy atom. The summed E-state index contributed by atoms with van der Waals surface area (Å²) in [5.74, 6) is 0. The first-order valence-corrected chi connectivity index (χ1v) is 18.6. The fourth-order valence-electron chi connectivity index (χ4n) is 7.93. The molecule has 1 N–H and O–H groups in total. The molecule has 1 atom stereocenters. The number of hydrogen-bond donors (Lipinski definition) is 1. The van der Waals surface area contributed by atoms with Crippen molar-refractivity contribution < 1.29 is 5.11 Å². The molecule has 11 heteroatoms. The zero-order chi connectivity index (χ0) is 35.4. The fraction of sp³-hybridized carbons (Fsp3) is 0.350. The van der Waals surface area contributed by atoms with Gasteiger partial charge in [0.1, 0.15) is 11.0 Å². The van der Waals surface area contributed by atoms with Gasteiger partial charge < -0.3 is 27.9 Å². The van der Waals surface area contributed by atoms with Gasteiger partial charge in [0.05, 0.1) is 16.1 Å². The highest BCUT2D eigenvalue weighted by atomic mass is 35.5. The van der Waals surface area contributed by atoms with Crippen LogP contribution in [0.4, 0.5) is 0 Å². The van der Waals surface area contributed by atoms with Crippen molar-refractivity contribution in [3.8, 4) is 33.4 Å². The summed E-state index contributed by atoms with van der Waals surface area (Å²) in [5, 5.41) is 11.0. The molecule has 0 spiro atoms. The molecule has 0 amide bonds. The lowest BCUT2D eigenvalue weighted by molar-refractivity contribution is 0.175. The molecule has 2 aromatic carbocycles. The van der Waals surface area contributed by atoms with E-state index in [1.807, 2.05) is 105 Å². The maximum absolute atomic E-state index is 13.7. The number of aliphatic hydroxyl groups is 1. The second kappa shape index (κ2) is 13.8. The molecule has 8 rings (SSSR count). The summed E-state index contributed by atoms with van der Waals surface area (Å²) in [6.07, 6.45) is 10.8. The summed E-state index contributed by atoms with van der Waals surface area (Å²) < 4.78 is 7.46. The van der Waals surface area contributed by atoms with Crippen molar-refractivity contribution in [1.82, 2.24) is 27.7 Å². The first-order chi connectivity index (χ1) is 24.7. The third-order valence-electron chi connectivity index (χ3n) is 10.8. The van der Waals surface area contributed by atoms with Gasteiger partial charge in [0, 0.05) is 109 Å². The summed E-state index contributed by atoms with van der Waals surface area (Å²) >= 11 is 14.4. The zero-order valence-corrected chi connectivity index (χ0v) is 30.5. The molecule has 2 saturated heterocycles. The number of rotatable bonds is 9. The van der Waals surface area contributed by atoms with Crippen LogP contribution in [0.3, 0.4) is 0 Å². The Hall–Kier alpha value is -4.12. The van der Waals surface area contributed by atoms with Gasteiger partial charge in [0.15, 0.2) is 0 Å². The monoisotopic (exact) mass is 724 g/mol. The summed E-state index contributed by atoms with van der Waals surface area (Å²) in [7, 11) is 0. The topological polar surface area (TPSA) is 79.5 Å². The third-order valence-corrected chi connectivity index (χ3v) is 11.6. The van der Waals surface area contributed by atoms with Crippen LogP contribution in [0.15, 0.2) is 82.9 Å². The van der Waals surface area contributed by atoms with Crippen molar-refractivity contribution >= 4 is 34.2 Å². The quantitative estimate of drug-likeness (QED) is 0.182. The predicted octanol–water partition coefficient (Wildman–Crippen LogP) is 6.60. The average molecular weight is 726 g/mol. The van der Waals surface area contributed by atoms with Crippen LogP contribution in [0.25, 0.3) is 44.4 Å². The highest BCUT2D eigenvalue weighted by molar-refractivity contribution is 6.39. The van der Waals surface area contributed by atoms with E-state index in [0.717, 1.165) is 77.4 Å². The SMILES string of the molecule is Cc1cn2cc(-c3cccc(-c4cccc(-c5cc6c(=O)n(CCN7CC[C@H](O)C7)c(C)cn6c5)c4Cl)c3Cl)cc2c(=O)n1CCN1CCCC1. The highest BCUT2D eigenvalue weighted by Crippen LogP contribution is 2.42. The molecule has 2 aliphatic heterocycles. The highest BCUT2D eigenvalue weighted by Gasteiger charge is 2.22. The Kier molecular flexibility index (Phi) is 9.19. The van der Waals surface area contributed by atoms with Crippen LogP contribution < -0.4 is 11.1 Å². The molecule has 264 valence electrons. The van der Waals surface area contributed by atoms with Crippen LogP contribution >= 0.6 is 23.2 Å². The van der Waals surface area contributed by atoms with Crippen LogP contribution in [0.1, 0.15) is 30.7 Å². The number of fused-ring (bicyclic) bond motifs is 2. The van der Waals surface area contributed by atoms with E-state index in [4.69, 9.17) is 23.2 Å². The molecular formula is C40H42Cl2N6O3.